The van der Waals surface area contributed by atoms with Crippen molar-refractivity contribution in [1.29, 1.82) is 0 Å². The number of para-hydroxylation sites is 2. The third kappa shape index (κ3) is 4.25. The van der Waals surface area contributed by atoms with E-state index in [-0.39, 0.29) is 22.8 Å². The van der Waals surface area contributed by atoms with Crippen molar-refractivity contribution in [2.24, 2.45) is 0 Å². The highest BCUT2D eigenvalue weighted by Gasteiger charge is 2.28. The standard InChI is InChI=1S/C19H20N2O6S/c1-2-11-28(24,25)17-10-6-3-7-13(17)18(22)20-21-19(23)16-12-26-14-8-4-5-9-15(14)27-16/h3-10,16H,2,11-12H2,1H3,(H,20,22)(H,21,23). The van der Waals surface area contributed by atoms with Gasteiger partial charge in [-0.1, -0.05) is 31.2 Å². The zero-order chi connectivity index (χ0) is 20.1. The van der Waals surface area contributed by atoms with Gasteiger partial charge in [0.15, 0.2) is 21.3 Å². The Kier molecular flexibility index (Phi) is 5.84. The second kappa shape index (κ2) is 8.30. The first-order valence-corrected chi connectivity index (χ1v) is 10.4. The van der Waals surface area contributed by atoms with Crippen LogP contribution in [0.4, 0.5) is 0 Å². The average molecular weight is 404 g/mol. The van der Waals surface area contributed by atoms with Gasteiger partial charge in [-0.2, -0.15) is 0 Å². The minimum absolute atomic E-state index is 0.0137. The summed E-state index contributed by atoms with van der Waals surface area (Å²) in [6, 6.07) is 12.8. The molecule has 1 atom stereocenters. The number of rotatable bonds is 5. The monoisotopic (exact) mass is 404 g/mol. The fourth-order valence-electron chi connectivity index (χ4n) is 2.72. The number of benzene rings is 2. The van der Waals surface area contributed by atoms with Gasteiger partial charge in [-0.05, 0) is 30.7 Å². The molecule has 1 aliphatic heterocycles. The molecule has 0 fully saturated rings. The highest BCUT2D eigenvalue weighted by atomic mass is 32.2. The summed E-state index contributed by atoms with van der Waals surface area (Å²) in [6.45, 7) is 1.73. The van der Waals surface area contributed by atoms with Gasteiger partial charge in [0.25, 0.3) is 11.8 Å². The molecule has 1 aliphatic rings. The lowest BCUT2D eigenvalue weighted by Gasteiger charge is -2.25. The van der Waals surface area contributed by atoms with Gasteiger partial charge < -0.3 is 9.47 Å². The van der Waals surface area contributed by atoms with Crippen molar-refractivity contribution < 1.29 is 27.5 Å². The molecule has 0 spiro atoms. The summed E-state index contributed by atoms with van der Waals surface area (Å²) < 4.78 is 35.7. The number of ether oxygens (including phenoxy) is 2. The molecule has 1 unspecified atom stereocenters. The van der Waals surface area contributed by atoms with Crippen molar-refractivity contribution in [3.05, 3.63) is 54.1 Å². The van der Waals surface area contributed by atoms with Gasteiger partial charge in [-0.25, -0.2) is 8.42 Å². The van der Waals surface area contributed by atoms with E-state index in [4.69, 9.17) is 9.47 Å². The molecule has 0 radical (unpaired) electrons. The number of hydrogen-bond acceptors (Lipinski definition) is 6. The van der Waals surface area contributed by atoms with Crippen molar-refractivity contribution in [2.75, 3.05) is 12.4 Å². The largest absolute Gasteiger partial charge is 0.485 e. The maximum Gasteiger partial charge on any atom is 0.283 e. The molecule has 0 aliphatic carbocycles. The normalized spacial score (nSPS) is 15.5. The molecule has 28 heavy (non-hydrogen) atoms. The summed E-state index contributed by atoms with van der Waals surface area (Å²) in [5, 5.41) is 0. The van der Waals surface area contributed by atoms with Crippen molar-refractivity contribution in [3.8, 4) is 11.5 Å². The van der Waals surface area contributed by atoms with E-state index in [1.807, 2.05) is 0 Å². The first-order valence-electron chi connectivity index (χ1n) is 8.73. The van der Waals surface area contributed by atoms with Gasteiger partial charge in [0.2, 0.25) is 6.10 Å². The van der Waals surface area contributed by atoms with E-state index < -0.39 is 27.8 Å². The first-order chi connectivity index (χ1) is 13.4. The summed E-state index contributed by atoms with van der Waals surface area (Å²) in [5.74, 6) is -0.463. The number of sulfone groups is 1. The number of carbonyl (C=O) groups is 2. The molecule has 2 aromatic rings. The van der Waals surface area contributed by atoms with Crippen LogP contribution >= 0.6 is 0 Å². The number of fused-ring (bicyclic) bond motifs is 1. The zero-order valence-corrected chi connectivity index (χ0v) is 16.0. The molecular formula is C19H20N2O6S. The van der Waals surface area contributed by atoms with E-state index >= 15 is 0 Å². The molecule has 0 bridgehead atoms. The molecule has 148 valence electrons. The maximum absolute atomic E-state index is 12.4. The Morgan fingerprint density at radius 2 is 1.71 bits per heavy atom. The number of nitrogens with one attached hydrogen (secondary N) is 2. The second-order valence-electron chi connectivity index (χ2n) is 6.12. The van der Waals surface area contributed by atoms with Crippen LogP contribution in [-0.2, 0) is 14.6 Å². The van der Waals surface area contributed by atoms with Crippen LogP contribution in [-0.4, -0.2) is 38.7 Å². The summed E-state index contributed by atoms with van der Waals surface area (Å²) in [7, 11) is -3.60. The molecule has 0 saturated heterocycles. The summed E-state index contributed by atoms with van der Waals surface area (Å²) in [4.78, 5) is 24.6. The number of hydrogen-bond donors (Lipinski definition) is 2. The third-order valence-corrected chi connectivity index (χ3v) is 6.01. The van der Waals surface area contributed by atoms with Crippen LogP contribution in [0.15, 0.2) is 53.4 Å². The van der Waals surface area contributed by atoms with Crippen LogP contribution < -0.4 is 20.3 Å². The van der Waals surface area contributed by atoms with Crippen LogP contribution in [0.5, 0.6) is 11.5 Å². The fourth-order valence-corrected chi connectivity index (χ4v) is 4.26. The molecule has 2 amide bonds. The van der Waals surface area contributed by atoms with Gasteiger partial charge in [0.05, 0.1) is 16.2 Å². The van der Waals surface area contributed by atoms with Gasteiger partial charge >= 0.3 is 0 Å². The molecule has 9 heteroatoms. The van der Waals surface area contributed by atoms with E-state index in [0.717, 1.165) is 0 Å². The second-order valence-corrected chi connectivity index (χ2v) is 8.20. The highest BCUT2D eigenvalue weighted by molar-refractivity contribution is 7.91. The Morgan fingerprint density at radius 1 is 1.04 bits per heavy atom. The summed E-state index contributed by atoms with van der Waals surface area (Å²) >= 11 is 0. The molecule has 2 N–H and O–H groups in total. The Balaban J connectivity index is 1.66. The van der Waals surface area contributed by atoms with Crippen LogP contribution in [0.3, 0.4) is 0 Å². The van der Waals surface area contributed by atoms with Crippen molar-refractivity contribution in [1.82, 2.24) is 10.9 Å². The Bertz CT molecular complexity index is 989. The van der Waals surface area contributed by atoms with Crippen molar-refractivity contribution in [3.63, 3.8) is 0 Å². The molecule has 1 heterocycles. The van der Waals surface area contributed by atoms with Crippen LogP contribution in [0.1, 0.15) is 23.7 Å². The molecule has 2 aromatic carbocycles. The lowest BCUT2D eigenvalue weighted by Crippen LogP contribution is -2.51. The van der Waals surface area contributed by atoms with Crippen LogP contribution in [0.2, 0.25) is 0 Å². The minimum Gasteiger partial charge on any atom is -0.485 e. The average Bonchev–Trinajstić information content (AvgIpc) is 2.71. The Hall–Kier alpha value is -3.07. The lowest BCUT2D eigenvalue weighted by atomic mass is 10.2. The molecule has 3 rings (SSSR count). The molecular weight excluding hydrogens is 384 g/mol. The first kappa shape index (κ1) is 19.7. The fraction of sp³-hybridized carbons (Fsp3) is 0.263. The van der Waals surface area contributed by atoms with Gasteiger partial charge in [-0.3, -0.25) is 20.4 Å². The van der Waals surface area contributed by atoms with Crippen LogP contribution in [0.25, 0.3) is 0 Å². The van der Waals surface area contributed by atoms with Crippen LogP contribution in [0, 0.1) is 0 Å². The molecule has 0 saturated carbocycles. The van der Waals surface area contributed by atoms with E-state index in [1.54, 1.807) is 43.3 Å². The molecule has 8 nitrogen and oxygen atoms in total. The van der Waals surface area contributed by atoms with E-state index in [0.29, 0.717) is 17.9 Å². The Labute approximate surface area is 162 Å². The molecule has 0 aromatic heterocycles. The van der Waals surface area contributed by atoms with Crippen molar-refractivity contribution in [2.45, 2.75) is 24.3 Å². The number of carbonyl (C=O) groups excluding carboxylic acids is 2. The maximum atomic E-state index is 12.4. The van der Waals surface area contributed by atoms with Gasteiger partial charge in [0.1, 0.15) is 6.61 Å². The smallest absolute Gasteiger partial charge is 0.283 e. The predicted molar refractivity (Wildman–Crippen MR) is 101 cm³/mol. The SMILES string of the molecule is CCCS(=O)(=O)c1ccccc1C(=O)NNC(=O)C1COc2ccccc2O1. The van der Waals surface area contributed by atoms with E-state index in [1.165, 1.54) is 12.1 Å². The van der Waals surface area contributed by atoms with Gasteiger partial charge in [0, 0.05) is 0 Å². The zero-order valence-electron chi connectivity index (χ0n) is 15.2. The topological polar surface area (TPSA) is 111 Å². The van der Waals surface area contributed by atoms with Crippen molar-refractivity contribution >= 4 is 21.7 Å². The minimum atomic E-state index is -3.60. The highest BCUT2D eigenvalue weighted by Crippen LogP contribution is 2.30. The third-order valence-electron chi connectivity index (χ3n) is 4.04. The lowest BCUT2D eigenvalue weighted by molar-refractivity contribution is -0.131. The quantitative estimate of drug-likeness (QED) is 0.730. The number of hydrazine groups is 1. The predicted octanol–water partition coefficient (Wildman–Crippen LogP) is 1.47. The van der Waals surface area contributed by atoms with E-state index in [9.17, 15) is 18.0 Å². The Morgan fingerprint density at radius 3 is 2.46 bits per heavy atom. The summed E-state index contributed by atoms with van der Waals surface area (Å²) in [5.41, 5.74) is 4.45. The summed E-state index contributed by atoms with van der Waals surface area (Å²) in [6.07, 6.45) is -0.524. The van der Waals surface area contributed by atoms with E-state index in [2.05, 4.69) is 10.9 Å². The number of amides is 2. The van der Waals surface area contributed by atoms with Gasteiger partial charge in [-0.15, -0.1) is 0 Å².